The van der Waals surface area contributed by atoms with Crippen molar-refractivity contribution in [3.05, 3.63) is 63.2 Å². The van der Waals surface area contributed by atoms with Gasteiger partial charge in [-0.2, -0.15) is 0 Å². The Morgan fingerprint density at radius 1 is 1.14 bits per heavy atom. The zero-order valence-corrected chi connectivity index (χ0v) is 13.2. The highest BCUT2D eigenvalue weighted by Gasteiger charge is 2.25. The van der Waals surface area contributed by atoms with Crippen molar-refractivity contribution in [3.8, 4) is 0 Å². The smallest absolute Gasteiger partial charge is 0.335 e. The molecule has 3 rings (SSSR count). The van der Waals surface area contributed by atoms with Gasteiger partial charge in [-0.1, -0.05) is 11.6 Å². The fourth-order valence-electron chi connectivity index (χ4n) is 2.55. The van der Waals surface area contributed by atoms with E-state index in [1.165, 1.54) is 18.2 Å². The summed E-state index contributed by atoms with van der Waals surface area (Å²) in [5.74, 6) is 0.648. The Kier molecular flexibility index (Phi) is 4.08. The quantitative estimate of drug-likeness (QED) is 0.929. The molecule has 1 unspecified atom stereocenters. The minimum Gasteiger partial charge on any atom is -0.428 e. The monoisotopic (exact) mass is 339 g/mol. The summed E-state index contributed by atoms with van der Waals surface area (Å²) in [7, 11) is -3.59. The fourth-order valence-corrected chi connectivity index (χ4v) is 3.95. The van der Waals surface area contributed by atoms with E-state index in [0.29, 0.717) is 30.0 Å². The number of hydrogen-bond acceptors (Lipinski definition) is 4. The van der Waals surface area contributed by atoms with Gasteiger partial charge in [0.05, 0.1) is 4.90 Å². The maximum atomic E-state index is 12.4. The number of nitrogens with one attached hydrogen (secondary N) is 1. The zero-order valence-electron chi connectivity index (χ0n) is 11.6. The molecule has 1 aliphatic rings. The topological polar surface area (TPSA) is 76.4 Å². The first-order valence-electron chi connectivity index (χ1n) is 6.84. The molecule has 0 spiro atoms. The van der Waals surface area contributed by atoms with Gasteiger partial charge in [0.25, 0.3) is 0 Å². The van der Waals surface area contributed by atoms with Gasteiger partial charge in [0, 0.05) is 23.6 Å². The summed E-state index contributed by atoms with van der Waals surface area (Å²) in [5.41, 5.74) is 0.494. The normalized spacial score (nSPS) is 18.0. The highest BCUT2D eigenvalue weighted by Crippen LogP contribution is 2.22. The number of fused-ring (bicyclic) bond motifs is 1. The minimum atomic E-state index is -3.59. The van der Waals surface area contributed by atoms with Gasteiger partial charge in [0.1, 0.15) is 5.76 Å². The van der Waals surface area contributed by atoms with E-state index in [2.05, 4.69) is 4.72 Å². The Morgan fingerprint density at radius 2 is 1.86 bits per heavy atom. The van der Waals surface area contributed by atoms with Crippen LogP contribution in [-0.4, -0.2) is 14.5 Å². The lowest BCUT2D eigenvalue weighted by atomic mass is 9.94. The third-order valence-corrected chi connectivity index (χ3v) is 5.42. The Bertz CT molecular complexity index is 843. The second-order valence-corrected chi connectivity index (χ2v) is 7.37. The van der Waals surface area contributed by atoms with Crippen LogP contribution in [0.5, 0.6) is 0 Å². The zero-order chi connectivity index (χ0) is 15.7. The van der Waals surface area contributed by atoms with Crippen LogP contribution in [0.25, 0.3) is 0 Å². The third-order valence-electron chi connectivity index (χ3n) is 3.63. The van der Waals surface area contributed by atoms with E-state index in [0.717, 1.165) is 5.56 Å². The predicted molar refractivity (Wildman–Crippen MR) is 82.6 cm³/mol. The molecule has 2 aromatic rings. The van der Waals surface area contributed by atoms with Crippen LogP contribution in [0.3, 0.4) is 0 Å². The summed E-state index contributed by atoms with van der Waals surface area (Å²) in [6.07, 6.45) is 1.64. The van der Waals surface area contributed by atoms with Crippen LogP contribution < -0.4 is 10.3 Å². The number of aryl methyl sites for hydroxylation is 1. The maximum absolute atomic E-state index is 12.4. The average molecular weight is 340 g/mol. The largest absolute Gasteiger partial charge is 0.428 e. The molecule has 1 N–H and O–H groups in total. The first kappa shape index (κ1) is 15.3. The van der Waals surface area contributed by atoms with Crippen molar-refractivity contribution >= 4 is 21.6 Å². The second-order valence-electron chi connectivity index (χ2n) is 5.22. The van der Waals surface area contributed by atoms with E-state index >= 15 is 0 Å². The van der Waals surface area contributed by atoms with E-state index in [9.17, 15) is 13.2 Å². The lowest BCUT2D eigenvalue weighted by molar-refractivity contribution is 0.401. The van der Waals surface area contributed by atoms with Gasteiger partial charge in [-0.25, -0.2) is 17.9 Å². The molecule has 1 aliphatic carbocycles. The average Bonchev–Trinajstić information content (AvgIpc) is 2.47. The van der Waals surface area contributed by atoms with Crippen LogP contribution in [0.15, 0.2) is 50.5 Å². The molecule has 0 radical (unpaired) electrons. The standard InChI is InChI=1S/C15H14ClNO4S/c16-11-2-5-13(6-3-11)22(19,20)17-12-4-7-14-10(9-12)1-8-15(18)21-14/h1-3,5-6,8,12,17H,4,7,9H2. The van der Waals surface area contributed by atoms with Crippen LogP contribution in [0, 0.1) is 0 Å². The summed E-state index contributed by atoms with van der Waals surface area (Å²) in [5, 5.41) is 0.487. The number of hydrogen-bond donors (Lipinski definition) is 1. The number of benzene rings is 1. The van der Waals surface area contributed by atoms with Crippen molar-refractivity contribution in [1.29, 1.82) is 0 Å². The Hall–Kier alpha value is -1.63. The first-order chi connectivity index (χ1) is 10.4. The molecule has 0 aliphatic heterocycles. The molecule has 1 aromatic carbocycles. The molecule has 7 heteroatoms. The summed E-state index contributed by atoms with van der Waals surface area (Å²) in [6.45, 7) is 0. The molecular formula is C15H14ClNO4S. The van der Waals surface area contributed by atoms with Crippen molar-refractivity contribution in [2.45, 2.75) is 30.2 Å². The first-order valence-corrected chi connectivity index (χ1v) is 8.70. The van der Waals surface area contributed by atoms with Gasteiger partial charge in [-0.05, 0) is 48.7 Å². The molecule has 0 fully saturated rings. The molecule has 1 aromatic heterocycles. The van der Waals surface area contributed by atoms with Crippen LogP contribution >= 0.6 is 11.6 Å². The van der Waals surface area contributed by atoms with Gasteiger partial charge < -0.3 is 4.42 Å². The van der Waals surface area contributed by atoms with Gasteiger partial charge in [-0.15, -0.1) is 0 Å². The van der Waals surface area contributed by atoms with E-state index < -0.39 is 10.0 Å². The highest BCUT2D eigenvalue weighted by molar-refractivity contribution is 7.89. The number of rotatable bonds is 3. The Balaban J connectivity index is 1.78. The Morgan fingerprint density at radius 3 is 2.59 bits per heavy atom. The van der Waals surface area contributed by atoms with Crippen LogP contribution in [0.1, 0.15) is 17.7 Å². The van der Waals surface area contributed by atoms with Gasteiger partial charge in [0.2, 0.25) is 10.0 Å². The molecule has 1 atom stereocenters. The molecule has 0 saturated carbocycles. The number of halogens is 1. The molecule has 1 heterocycles. The van der Waals surface area contributed by atoms with Crippen LogP contribution in [0.4, 0.5) is 0 Å². The lowest BCUT2D eigenvalue weighted by Crippen LogP contribution is -2.39. The molecular weight excluding hydrogens is 326 g/mol. The fraction of sp³-hybridized carbons (Fsp3) is 0.267. The van der Waals surface area contributed by atoms with Gasteiger partial charge >= 0.3 is 5.63 Å². The molecule has 0 saturated heterocycles. The molecule has 0 bridgehead atoms. The van der Waals surface area contributed by atoms with Crippen molar-refractivity contribution in [3.63, 3.8) is 0 Å². The van der Waals surface area contributed by atoms with Gasteiger partial charge in [0.15, 0.2) is 0 Å². The van der Waals surface area contributed by atoms with E-state index in [4.69, 9.17) is 16.0 Å². The molecule has 22 heavy (non-hydrogen) atoms. The summed E-state index contributed by atoms with van der Waals surface area (Å²) < 4.78 is 32.5. The second kappa shape index (κ2) is 5.87. The van der Waals surface area contributed by atoms with E-state index in [-0.39, 0.29) is 16.6 Å². The number of sulfonamides is 1. The summed E-state index contributed by atoms with van der Waals surface area (Å²) in [4.78, 5) is 11.4. The Labute approximate surface area is 133 Å². The van der Waals surface area contributed by atoms with E-state index in [1.807, 2.05) is 0 Å². The SMILES string of the molecule is O=c1ccc2c(o1)CCC(NS(=O)(=O)c1ccc(Cl)cc1)C2. The summed E-state index contributed by atoms with van der Waals surface area (Å²) in [6, 6.07) is 8.86. The van der Waals surface area contributed by atoms with Crippen molar-refractivity contribution in [2.75, 3.05) is 0 Å². The van der Waals surface area contributed by atoms with Crippen LogP contribution in [0.2, 0.25) is 5.02 Å². The minimum absolute atomic E-state index is 0.183. The van der Waals surface area contributed by atoms with Gasteiger partial charge in [-0.3, -0.25) is 0 Å². The van der Waals surface area contributed by atoms with Crippen molar-refractivity contribution in [2.24, 2.45) is 0 Å². The molecule has 0 amide bonds. The predicted octanol–water partition coefficient (Wildman–Crippen LogP) is 2.13. The van der Waals surface area contributed by atoms with E-state index in [1.54, 1.807) is 18.2 Å². The van der Waals surface area contributed by atoms with Crippen molar-refractivity contribution < 1.29 is 12.8 Å². The molecule has 5 nitrogen and oxygen atoms in total. The third kappa shape index (κ3) is 3.24. The van der Waals surface area contributed by atoms with Crippen LogP contribution in [-0.2, 0) is 22.9 Å². The summed E-state index contributed by atoms with van der Waals surface area (Å²) >= 11 is 5.77. The lowest BCUT2D eigenvalue weighted by Gasteiger charge is -2.24. The van der Waals surface area contributed by atoms with Crippen molar-refractivity contribution in [1.82, 2.24) is 4.72 Å². The highest BCUT2D eigenvalue weighted by atomic mass is 35.5. The molecule has 116 valence electrons. The maximum Gasteiger partial charge on any atom is 0.335 e.